The Balaban J connectivity index is 1.44. The zero-order chi connectivity index (χ0) is 24.2. The third-order valence-electron chi connectivity index (χ3n) is 5.25. The number of rotatable bonds is 7. The lowest BCUT2D eigenvalue weighted by Crippen LogP contribution is -2.31. The van der Waals surface area contributed by atoms with Crippen LogP contribution in [0, 0.1) is 17.1 Å². The molecule has 0 saturated carbocycles. The van der Waals surface area contributed by atoms with Crippen molar-refractivity contribution >= 4 is 66.1 Å². The molecule has 172 valence electrons. The predicted octanol–water partition coefficient (Wildman–Crippen LogP) is 6.77. The minimum Gasteiger partial charge on any atom is -0.486 e. The molecule has 4 rings (SSSR count). The number of amides is 1. The van der Waals surface area contributed by atoms with E-state index >= 15 is 0 Å². The van der Waals surface area contributed by atoms with E-state index in [1.807, 2.05) is 30.3 Å². The molecule has 0 aliphatic carbocycles. The fraction of sp³-hybridized carbons (Fsp3) is 0.160. The van der Waals surface area contributed by atoms with E-state index in [-0.39, 0.29) is 23.6 Å². The molecule has 1 atom stereocenters. The molecule has 1 fully saturated rings. The van der Waals surface area contributed by atoms with Gasteiger partial charge < -0.3 is 4.74 Å². The van der Waals surface area contributed by atoms with Crippen LogP contribution in [0.2, 0.25) is 0 Å². The van der Waals surface area contributed by atoms with Crippen molar-refractivity contribution in [2.45, 2.75) is 24.8 Å². The molecule has 9 heteroatoms. The predicted molar refractivity (Wildman–Crippen MR) is 142 cm³/mol. The maximum Gasteiger partial charge on any atom is 0.242 e. The smallest absolute Gasteiger partial charge is 0.242 e. The van der Waals surface area contributed by atoms with Gasteiger partial charge in [-0.05, 0) is 79.7 Å². The number of thioether (sulfide) groups is 1. The minimum absolute atomic E-state index is 0.0555. The van der Waals surface area contributed by atoms with Crippen molar-refractivity contribution in [3.05, 3.63) is 97.7 Å². The Bertz CT molecular complexity index is 1270. The Hall–Kier alpha value is -2.25. The Kier molecular flexibility index (Phi) is 8.04. The van der Waals surface area contributed by atoms with Crippen LogP contribution >= 0.6 is 55.8 Å². The van der Waals surface area contributed by atoms with Gasteiger partial charge in [0.15, 0.2) is 0 Å². The number of nitrogens with zero attached hydrogens (tertiary/aromatic N) is 2. The number of nitriles is 1. The van der Waals surface area contributed by atoms with Gasteiger partial charge in [0.2, 0.25) is 5.91 Å². The molecule has 0 spiro atoms. The average molecular weight is 620 g/mol. The molecule has 34 heavy (non-hydrogen) atoms. The molecule has 0 radical (unpaired) electrons. The Morgan fingerprint density at radius 1 is 1.09 bits per heavy atom. The highest BCUT2D eigenvalue weighted by Crippen LogP contribution is 2.38. The Labute approximate surface area is 223 Å². The molecule has 1 aliphatic heterocycles. The van der Waals surface area contributed by atoms with Crippen LogP contribution in [-0.4, -0.2) is 20.4 Å². The van der Waals surface area contributed by atoms with E-state index in [0.717, 1.165) is 25.6 Å². The standard InChI is InChI=1S/C25H17Br2FN2O2S2/c26-20-9-16(10-21(27)23(20)32-14-18-4-2-1-3-17(18)12-29)11-22-24(31)30(25(33)34-22)13-15-5-7-19(28)8-6-15/h1-10,22H,11,13-14H2/t22-/m0/s1. The third-order valence-corrected chi connectivity index (χ3v) is 8.01. The lowest BCUT2D eigenvalue weighted by Gasteiger charge is -2.16. The monoisotopic (exact) mass is 618 g/mol. The van der Waals surface area contributed by atoms with Crippen molar-refractivity contribution in [2.75, 3.05) is 0 Å². The van der Waals surface area contributed by atoms with Crippen LogP contribution in [-0.2, 0) is 24.4 Å². The fourth-order valence-corrected chi connectivity index (χ4v) is 6.57. The molecular formula is C25H17Br2FN2O2S2. The highest BCUT2D eigenvalue weighted by molar-refractivity contribution is 9.11. The molecule has 1 aliphatic rings. The van der Waals surface area contributed by atoms with Crippen LogP contribution in [0.3, 0.4) is 0 Å². The summed E-state index contributed by atoms with van der Waals surface area (Å²) >= 11 is 13.9. The molecule has 0 bridgehead atoms. The van der Waals surface area contributed by atoms with E-state index in [0.29, 0.717) is 28.6 Å². The van der Waals surface area contributed by atoms with Gasteiger partial charge >= 0.3 is 0 Å². The lowest BCUT2D eigenvalue weighted by molar-refractivity contribution is -0.126. The number of thiocarbonyl (C=S) groups is 1. The van der Waals surface area contributed by atoms with Crippen molar-refractivity contribution in [2.24, 2.45) is 0 Å². The number of halogens is 3. The topological polar surface area (TPSA) is 53.3 Å². The number of carbonyl (C=O) groups excluding carboxylic acids is 1. The maximum absolute atomic E-state index is 13.2. The first-order valence-corrected chi connectivity index (χ1v) is 13.1. The highest BCUT2D eigenvalue weighted by Gasteiger charge is 2.37. The summed E-state index contributed by atoms with van der Waals surface area (Å²) in [7, 11) is 0. The molecular weight excluding hydrogens is 603 g/mol. The molecule has 1 heterocycles. The molecule has 0 aromatic heterocycles. The summed E-state index contributed by atoms with van der Waals surface area (Å²) < 4.78 is 21.2. The average Bonchev–Trinajstić information content (AvgIpc) is 3.07. The summed E-state index contributed by atoms with van der Waals surface area (Å²) in [6, 6.07) is 19.4. The second-order valence-corrected chi connectivity index (χ2v) is 11.1. The normalized spacial score (nSPS) is 15.5. The van der Waals surface area contributed by atoms with Crippen LogP contribution in [0.1, 0.15) is 22.3 Å². The van der Waals surface area contributed by atoms with E-state index in [4.69, 9.17) is 17.0 Å². The van der Waals surface area contributed by atoms with Gasteiger partial charge in [0.05, 0.1) is 32.4 Å². The van der Waals surface area contributed by atoms with Gasteiger partial charge in [-0.25, -0.2) is 4.39 Å². The van der Waals surface area contributed by atoms with Gasteiger partial charge in [0.25, 0.3) is 0 Å². The number of benzene rings is 3. The second kappa shape index (κ2) is 11.0. The van der Waals surface area contributed by atoms with Gasteiger partial charge in [0, 0.05) is 5.56 Å². The number of ether oxygens (including phenoxy) is 1. The molecule has 1 amide bonds. The van der Waals surface area contributed by atoms with Crippen molar-refractivity contribution in [3.63, 3.8) is 0 Å². The van der Waals surface area contributed by atoms with E-state index < -0.39 is 0 Å². The highest BCUT2D eigenvalue weighted by atomic mass is 79.9. The van der Waals surface area contributed by atoms with Gasteiger partial charge in [-0.2, -0.15) is 5.26 Å². The summed E-state index contributed by atoms with van der Waals surface area (Å²) in [5, 5.41) is 8.94. The number of hydrogen-bond acceptors (Lipinski definition) is 5. The summed E-state index contributed by atoms with van der Waals surface area (Å²) in [5.74, 6) is 0.250. The molecule has 3 aromatic rings. The van der Waals surface area contributed by atoms with Crippen molar-refractivity contribution in [3.8, 4) is 11.8 Å². The van der Waals surface area contributed by atoms with Crippen molar-refractivity contribution in [1.82, 2.24) is 4.90 Å². The van der Waals surface area contributed by atoms with Crippen molar-refractivity contribution in [1.29, 1.82) is 5.26 Å². The van der Waals surface area contributed by atoms with Crippen LogP contribution in [0.25, 0.3) is 0 Å². The first kappa shape index (κ1) is 24.9. The van der Waals surface area contributed by atoms with E-state index in [1.165, 1.54) is 23.9 Å². The van der Waals surface area contributed by atoms with Gasteiger partial charge in [-0.15, -0.1) is 0 Å². The quantitative estimate of drug-likeness (QED) is 0.273. The maximum atomic E-state index is 13.2. The van der Waals surface area contributed by atoms with Crippen LogP contribution in [0.4, 0.5) is 4.39 Å². The second-order valence-electron chi connectivity index (χ2n) is 7.57. The number of carbonyl (C=O) groups is 1. The zero-order valence-corrected chi connectivity index (χ0v) is 22.4. The summed E-state index contributed by atoms with van der Waals surface area (Å²) in [6.45, 7) is 0.579. The molecule has 1 saturated heterocycles. The zero-order valence-electron chi connectivity index (χ0n) is 17.6. The van der Waals surface area contributed by atoms with Crippen LogP contribution in [0.15, 0.2) is 69.6 Å². The summed E-state index contributed by atoms with van der Waals surface area (Å²) in [4.78, 5) is 14.6. The third kappa shape index (κ3) is 5.69. The van der Waals surface area contributed by atoms with Gasteiger partial charge in [-0.1, -0.05) is 54.3 Å². The molecule has 4 nitrogen and oxygen atoms in total. The Morgan fingerprint density at radius 2 is 1.76 bits per heavy atom. The SMILES string of the molecule is N#Cc1ccccc1COc1c(Br)cc(C[C@@H]2SC(=S)N(Cc3ccc(F)cc3)C2=O)cc1Br. The van der Waals surface area contributed by atoms with Crippen molar-refractivity contribution < 1.29 is 13.9 Å². The first-order valence-electron chi connectivity index (χ1n) is 10.2. The largest absolute Gasteiger partial charge is 0.486 e. The van der Waals surface area contributed by atoms with E-state index in [2.05, 4.69) is 37.9 Å². The van der Waals surface area contributed by atoms with Crippen LogP contribution < -0.4 is 4.74 Å². The van der Waals surface area contributed by atoms with E-state index in [9.17, 15) is 14.4 Å². The molecule has 3 aromatic carbocycles. The summed E-state index contributed by atoms with van der Waals surface area (Å²) in [6.07, 6.45) is 0.498. The summed E-state index contributed by atoms with van der Waals surface area (Å²) in [5.41, 5.74) is 3.14. The lowest BCUT2D eigenvalue weighted by atomic mass is 10.1. The first-order chi connectivity index (χ1) is 16.4. The molecule has 0 unspecified atom stereocenters. The Morgan fingerprint density at radius 3 is 2.44 bits per heavy atom. The van der Waals surface area contributed by atoms with Gasteiger partial charge in [-0.3, -0.25) is 9.69 Å². The fourth-order valence-electron chi connectivity index (χ4n) is 3.53. The number of hydrogen-bond donors (Lipinski definition) is 0. The van der Waals surface area contributed by atoms with Crippen LogP contribution in [0.5, 0.6) is 5.75 Å². The minimum atomic E-state index is -0.332. The molecule has 0 N–H and O–H groups in total. The van der Waals surface area contributed by atoms with E-state index in [1.54, 1.807) is 23.1 Å². The van der Waals surface area contributed by atoms with Gasteiger partial charge in [0.1, 0.15) is 22.5 Å².